The van der Waals surface area contributed by atoms with Crippen LogP contribution in [0.1, 0.15) is 43.2 Å². The van der Waals surface area contributed by atoms with Gasteiger partial charge in [0.15, 0.2) is 5.69 Å². The predicted octanol–water partition coefficient (Wildman–Crippen LogP) is 3.81. The van der Waals surface area contributed by atoms with E-state index in [1.54, 1.807) is 11.8 Å². The average molecular weight is 471 g/mol. The Hall–Kier alpha value is -3.69. The van der Waals surface area contributed by atoms with Crippen LogP contribution in [0, 0.1) is 20.8 Å². The van der Waals surface area contributed by atoms with Crippen LogP contribution in [-0.4, -0.2) is 62.8 Å². The minimum atomic E-state index is -4.62. The zero-order valence-corrected chi connectivity index (χ0v) is 19.1. The molecular weight excluding hydrogens is 447 g/mol. The van der Waals surface area contributed by atoms with E-state index in [4.69, 9.17) is 0 Å². The topological polar surface area (TPSA) is 71.3 Å². The summed E-state index contributed by atoms with van der Waals surface area (Å²) in [5.74, 6) is -1.02. The Morgan fingerprint density at radius 3 is 2.09 bits per heavy atom. The Bertz CT molecular complexity index is 1240. The van der Waals surface area contributed by atoms with Crippen molar-refractivity contribution in [3.8, 4) is 5.69 Å². The first-order valence-corrected chi connectivity index (χ1v) is 10.8. The van der Waals surface area contributed by atoms with Crippen LogP contribution in [0.4, 0.5) is 13.2 Å². The van der Waals surface area contributed by atoms with Crippen LogP contribution in [0.15, 0.2) is 42.5 Å². The molecule has 2 amide bonds. The number of alkyl halides is 3. The van der Waals surface area contributed by atoms with Crippen LogP contribution < -0.4 is 0 Å². The molecule has 1 saturated heterocycles. The van der Waals surface area contributed by atoms with Gasteiger partial charge in [0, 0.05) is 26.2 Å². The first-order chi connectivity index (χ1) is 16.1. The zero-order chi connectivity index (χ0) is 24.6. The number of carbonyl (C=O) groups is 2. The average Bonchev–Trinajstić information content (AvgIpc) is 3.18. The number of amides is 2. The smallest absolute Gasteiger partial charge is 0.335 e. The Labute approximate surface area is 194 Å². The summed E-state index contributed by atoms with van der Waals surface area (Å²) in [5, 5.41) is 8.78. The number of carbonyl (C=O) groups excluding carboxylic acids is 2. The summed E-state index contributed by atoms with van der Waals surface area (Å²) in [6.45, 7) is 6.26. The number of nitrogens with zero attached hydrogens (tertiary/aromatic N) is 5. The van der Waals surface area contributed by atoms with E-state index in [2.05, 4.69) is 10.2 Å². The highest BCUT2D eigenvalue weighted by atomic mass is 19.4. The Morgan fingerprint density at radius 1 is 0.853 bits per heavy atom. The van der Waals surface area contributed by atoms with Gasteiger partial charge in [-0.15, -0.1) is 5.10 Å². The lowest BCUT2D eigenvalue weighted by molar-refractivity contribution is -0.138. The monoisotopic (exact) mass is 471 g/mol. The molecule has 4 rings (SSSR count). The minimum absolute atomic E-state index is 0.126. The molecule has 1 aliphatic rings. The van der Waals surface area contributed by atoms with Crippen molar-refractivity contribution in [2.75, 3.05) is 26.2 Å². The van der Waals surface area contributed by atoms with Crippen molar-refractivity contribution in [3.05, 3.63) is 76.1 Å². The lowest BCUT2D eigenvalue weighted by atomic mass is 10.1. The molecule has 1 fully saturated rings. The van der Waals surface area contributed by atoms with Crippen molar-refractivity contribution in [1.82, 2.24) is 24.8 Å². The van der Waals surface area contributed by atoms with E-state index in [0.29, 0.717) is 5.69 Å². The van der Waals surface area contributed by atoms with E-state index in [1.807, 2.05) is 32.0 Å². The van der Waals surface area contributed by atoms with E-state index in [9.17, 15) is 22.8 Å². The molecule has 0 N–H and O–H groups in total. The van der Waals surface area contributed by atoms with Crippen LogP contribution >= 0.6 is 0 Å². The summed E-state index contributed by atoms with van der Waals surface area (Å²) in [6, 6.07) is 10.6. The molecule has 10 heteroatoms. The van der Waals surface area contributed by atoms with Gasteiger partial charge in [-0.3, -0.25) is 9.59 Å². The van der Waals surface area contributed by atoms with Gasteiger partial charge in [0.05, 0.1) is 22.5 Å². The molecule has 0 aliphatic carbocycles. The third-order valence-corrected chi connectivity index (χ3v) is 5.87. The van der Waals surface area contributed by atoms with Gasteiger partial charge in [-0.2, -0.15) is 23.1 Å². The highest BCUT2D eigenvalue weighted by Crippen LogP contribution is 2.32. The second kappa shape index (κ2) is 8.92. The molecule has 0 atom stereocenters. The van der Waals surface area contributed by atoms with E-state index in [-0.39, 0.29) is 43.3 Å². The maximum Gasteiger partial charge on any atom is 0.417 e. The quantitative estimate of drug-likeness (QED) is 0.583. The summed E-state index contributed by atoms with van der Waals surface area (Å²) in [4.78, 5) is 30.2. The van der Waals surface area contributed by atoms with Crippen LogP contribution in [0.2, 0.25) is 0 Å². The third kappa shape index (κ3) is 4.52. The number of aryl methyl sites for hydroxylation is 3. The largest absolute Gasteiger partial charge is 0.417 e. The molecule has 0 bridgehead atoms. The maximum atomic E-state index is 13.3. The normalized spacial score (nSPS) is 14.4. The number of piperazine rings is 1. The van der Waals surface area contributed by atoms with Gasteiger partial charge in [-0.05, 0) is 44.5 Å². The number of benzene rings is 2. The van der Waals surface area contributed by atoms with Crippen molar-refractivity contribution >= 4 is 11.8 Å². The zero-order valence-electron chi connectivity index (χ0n) is 19.1. The summed E-state index contributed by atoms with van der Waals surface area (Å²) in [7, 11) is 0. The summed E-state index contributed by atoms with van der Waals surface area (Å²) >= 11 is 0. The predicted molar refractivity (Wildman–Crippen MR) is 119 cm³/mol. The van der Waals surface area contributed by atoms with E-state index < -0.39 is 17.6 Å². The van der Waals surface area contributed by atoms with Crippen LogP contribution in [0.3, 0.4) is 0 Å². The fraction of sp³-hybridized carbons (Fsp3) is 0.333. The number of hydrogen-bond donors (Lipinski definition) is 0. The van der Waals surface area contributed by atoms with Gasteiger partial charge < -0.3 is 9.80 Å². The van der Waals surface area contributed by atoms with E-state index in [1.165, 1.54) is 27.9 Å². The van der Waals surface area contributed by atoms with Crippen molar-refractivity contribution in [2.24, 2.45) is 0 Å². The van der Waals surface area contributed by atoms with E-state index in [0.717, 1.165) is 22.9 Å². The second-order valence-corrected chi connectivity index (χ2v) is 8.34. The van der Waals surface area contributed by atoms with Gasteiger partial charge in [-0.1, -0.05) is 29.8 Å². The number of hydrogen-bond acceptors (Lipinski definition) is 4. The first-order valence-electron chi connectivity index (χ1n) is 10.8. The molecule has 2 aromatic carbocycles. The van der Waals surface area contributed by atoms with Gasteiger partial charge in [-0.25, -0.2) is 0 Å². The molecule has 34 heavy (non-hydrogen) atoms. The Morgan fingerprint density at radius 2 is 1.47 bits per heavy atom. The standard InChI is InChI=1S/C24H24F3N5O2/c1-15-8-9-20(16(2)14-15)32-28-17(3)21(29-32)23(34)31-12-10-30(11-13-31)22(33)18-6-4-5-7-19(18)24(25,26)27/h4-9,14H,10-13H2,1-3H3. The molecule has 0 saturated carbocycles. The van der Waals surface area contributed by atoms with Crippen molar-refractivity contribution in [2.45, 2.75) is 26.9 Å². The van der Waals surface area contributed by atoms with Crippen molar-refractivity contribution in [1.29, 1.82) is 0 Å². The Balaban J connectivity index is 1.47. The number of halogens is 3. The van der Waals surface area contributed by atoms with Crippen LogP contribution in [0.25, 0.3) is 5.69 Å². The Kier molecular flexibility index (Phi) is 6.16. The van der Waals surface area contributed by atoms with Crippen molar-refractivity contribution in [3.63, 3.8) is 0 Å². The van der Waals surface area contributed by atoms with Gasteiger partial charge in [0.1, 0.15) is 0 Å². The van der Waals surface area contributed by atoms with Crippen LogP contribution in [-0.2, 0) is 6.18 Å². The molecule has 2 heterocycles. The molecule has 0 spiro atoms. The fourth-order valence-corrected chi connectivity index (χ4v) is 4.06. The van der Waals surface area contributed by atoms with Gasteiger partial charge in [0.25, 0.3) is 11.8 Å². The highest BCUT2D eigenvalue weighted by Gasteiger charge is 2.37. The van der Waals surface area contributed by atoms with Crippen LogP contribution in [0.5, 0.6) is 0 Å². The summed E-state index contributed by atoms with van der Waals surface area (Å²) in [6.07, 6.45) is -4.62. The molecule has 178 valence electrons. The second-order valence-electron chi connectivity index (χ2n) is 8.34. The molecule has 0 radical (unpaired) electrons. The number of rotatable bonds is 3. The highest BCUT2D eigenvalue weighted by molar-refractivity contribution is 5.96. The SMILES string of the molecule is Cc1ccc(-n2nc(C)c(C(=O)N3CCN(C(=O)c4ccccc4C(F)(F)F)CC3)n2)c(C)c1. The lowest BCUT2D eigenvalue weighted by Gasteiger charge is -2.34. The van der Waals surface area contributed by atoms with Gasteiger partial charge >= 0.3 is 6.18 Å². The molecule has 7 nitrogen and oxygen atoms in total. The molecular formula is C24H24F3N5O2. The summed E-state index contributed by atoms with van der Waals surface area (Å²) < 4.78 is 39.9. The minimum Gasteiger partial charge on any atom is -0.335 e. The molecule has 1 aromatic heterocycles. The fourth-order valence-electron chi connectivity index (χ4n) is 4.06. The summed E-state index contributed by atoms with van der Waals surface area (Å²) in [5.41, 5.74) is 2.18. The van der Waals surface area contributed by atoms with Crippen molar-refractivity contribution < 1.29 is 22.8 Å². The van der Waals surface area contributed by atoms with E-state index >= 15 is 0 Å². The number of aromatic nitrogens is 3. The first kappa shape index (κ1) is 23.5. The molecule has 1 aliphatic heterocycles. The third-order valence-electron chi connectivity index (χ3n) is 5.87. The molecule has 3 aromatic rings. The lowest BCUT2D eigenvalue weighted by Crippen LogP contribution is -2.51. The molecule has 0 unspecified atom stereocenters. The van der Waals surface area contributed by atoms with Gasteiger partial charge in [0.2, 0.25) is 0 Å². The maximum absolute atomic E-state index is 13.3.